The Morgan fingerprint density at radius 2 is 1.22 bits per heavy atom. The number of nitro groups is 1. The van der Waals surface area contributed by atoms with E-state index >= 15 is 0 Å². The number of halogens is 8. The number of hydrogen-bond acceptors (Lipinski definition) is 15. The second kappa shape index (κ2) is 22.3. The number of aromatic nitrogens is 6. The van der Waals surface area contributed by atoms with E-state index in [1.165, 1.54) is 48.5 Å². The standard InChI is InChI=1S/C17H19F4N5O3.C15H17F3N6O3.CH3F/c1-3-26(4-2)15-23-14(22-11-7-5-10(6-8-11)12(27)28)24-16(25-15)29-9-17(20,21)13(18)19;1-3-23(4-2)13-20-12(21-14(22-13)27-9-15(16,17)18)19-10-6-5-7-11(8-10)24(25)26;1-2/h5-8,13H,3-4,9H2,1-2H3,(H,27,28)(H,22,23,24,25);5-8H,3-4,9H2,1-2H3,(H,19,20,21,22);1H3. The third kappa shape index (κ3) is 15.2. The molecule has 0 fully saturated rings. The summed E-state index contributed by atoms with van der Waals surface area (Å²) >= 11 is 0. The number of nitro benzene ring substituents is 1. The number of rotatable bonds is 18. The first kappa shape index (κ1) is 47.7. The molecule has 0 saturated heterocycles. The van der Waals surface area contributed by atoms with Crippen molar-refractivity contribution in [3.8, 4) is 12.0 Å². The minimum Gasteiger partial charge on any atom is -0.478 e. The van der Waals surface area contributed by atoms with Gasteiger partial charge in [0.15, 0.2) is 13.2 Å². The SMILES string of the molecule is CCN(CC)c1nc(Nc2ccc(C(=O)O)cc2)nc(OCC(F)(F)C(F)F)n1.CCN(CC)c1nc(Nc2cccc([N+](=O)[O-])c2)nc(OCC(F)(F)F)n1.CF. The van der Waals surface area contributed by atoms with E-state index < -0.39 is 54.7 Å². The average molecular weight is 838 g/mol. The molecule has 58 heavy (non-hydrogen) atoms. The Morgan fingerprint density at radius 1 is 0.759 bits per heavy atom. The summed E-state index contributed by atoms with van der Waals surface area (Å²) in [5.41, 5.74) is 0.609. The molecule has 4 aromatic rings. The molecule has 4 rings (SSSR count). The number of carbonyl (C=O) groups is 1. The number of nitrogens with one attached hydrogen (secondary N) is 2. The largest absolute Gasteiger partial charge is 0.478 e. The molecule has 0 bridgehead atoms. The molecular formula is C33H39F8N11O6. The molecule has 0 saturated carbocycles. The van der Waals surface area contributed by atoms with Gasteiger partial charge < -0.3 is 35.0 Å². The zero-order valence-electron chi connectivity index (χ0n) is 31.5. The topological polar surface area (TPSA) is 207 Å². The van der Waals surface area contributed by atoms with E-state index in [9.17, 15) is 50.0 Å². The number of carboxylic acids is 1. The zero-order chi connectivity index (χ0) is 43.6. The van der Waals surface area contributed by atoms with Crippen LogP contribution in [0.4, 0.5) is 76.0 Å². The van der Waals surface area contributed by atoms with Gasteiger partial charge in [0.05, 0.1) is 17.7 Å². The van der Waals surface area contributed by atoms with Gasteiger partial charge in [-0.3, -0.25) is 14.5 Å². The van der Waals surface area contributed by atoms with Crippen LogP contribution >= 0.6 is 0 Å². The molecule has 0 aliphatic heterocycles. The Hall–Kier alpha value is -6.43. The van der Waals surface area contributed by atoms with Gasteiger partial charge in [-0.2, -0.15) is 51.9 Å². The molecule has 25 heteroatoms. The van der Waals surface area contributed by atoms with Gasteiger partial charge >= 0.3 is 36.5 Å². The van der Waals surface area contributed by atoms with Gasteiger partial charge in [0.1, 0.15) is 0 Å². The average Bonchev–Trinajstić information content (AvgIpc) is 3.18. The summed E-state index contributed by atoms with van der Waals surface area (Å²) in [7, 11) is 0.500. The fraction of sp³-hybridized carbons (Fsp3) is 0.424. The van der Waals surface area contributed by atoms with E-state index in [0.717, 1.165) is 0 Å². The van der Waals surface area contributed by atoms with Crippen LogP contribution in [-0.2, 0) is 0 Å². The number of anilines is 6. The van der Waals surface area contributed by atoms with Crippen LogP contribution in [0, 0.1) is 10.1 Å². The van der Waals surface area contributed by atoms with Crippen molar-refractivity contribution in [3.05, 3.63) is 64.2 Å². The Kier molecular flexibility index (Phi) is 18.4. The van der Waals surface area contributed by atoms with Crippen LogP contribution in [0.1, 0.15) is 38.1 Å². The number of benzene rings is 2. The highest BCUT2D eigenvalue weighted by molar-refractivity contribution is 5.88. The predicted octanol–water partition coefficient (Wildman–Crippen LogP) is 7.34. The molecule has 318 valence electrons. The molecular weight excluding hydrogens is 798 g/mol. The first-order valence-electron chi connectivity index (χ1n) is 16.9. The van der Waals surface area contributed by atoms with Gasteiger partial charge in [0.25, 0.3) is 5.69 Å². The molecule has 2 heterocycles. The monoisotopic (exact) mass is 837 g/mol. The third-order valence-corrected chi connectivity index (χ3v) is 7.08. The van der Waals surface area contributed by atoms with E-state index in [1.807, 2.05) is 27.7 Å². The molecule has 2 aromatic heterocycles. The maximum atomic E-state index is 13.2. The molecule has 0 aliphatic rings. The third-order valence-electron chi connectivity index (χ3n) is 7.08. The van der Waals surface area contributed by atoms with Gasteiger partial charge in [-0.25, -0.2) is 13.6 Å². The van der Waals surface area contributed by atoms with Gasteiger partial charge in [0, 0.05) is 49.7 Å². The van der Waals surface area contributed by atoms with E-state index in [-0.39, 0.29) is 35.0 Å². The fourth-order valence-electron chi connectivity index (χ4n) is 4.25. The number of alkyl halides is 8. The summed E-state index contributed by atoms with van der Waals surface area (Å²) in [6, 6.07) is 10.1. The second-order valence-electron chi connectivity index (χ2n) is 11.0. The Balaban J connectivity index is 0.000000385. The normalized spacial score (nSPS) is 11.0. The summed E-state index contributed by atoms with van der Waals surface area (Å²) in [4.78, 5) is 48.3. The van der Waals surface area contributed by atoms with Crippen molar-refractivity contribution in [1.29, 1.82) is 0 Å². The number of hydrogen-bond donors (Lipinski definition) is 3. The highest BCUT2D eigenvalue weighted by Gasteiger charge is 2.42. The second-order valence-corrected chi connectivity index (χ2v) is 11.0. The van der Waals surface area contributed by atoms with Crippen molar-refractivity contribution in [3.63, 3.8) is 0 Å². The number of non-ortho nitro benzene ring substituents is 1. The zero-order valence-corrected chi connectivity index (χ0v) is 31.5. The molecule has 17 nitrogen and oxygen atoms in total. The number of carboxylic acid groups (broad SMARTS) is 1. The lowest BCUT2D eigenvalue weighted by Crippen LogP contribution is -2.34. The van der Waals surface area contributed by atoms with E-state index in [2.05, 4.69) is 45.3 Å². The van der Waals surface area contributed by atoms with Crippen LogP contribution in [0.25, 0.3) is 0 Å². The summed E-state index contributed by atoms with van der Waals surface area (Å²) in [5.74, 6) is -5.41. The van der Waals surface area contributed by atoms with Crippen LogP contribution in [0.3, 0.4) is 0 Å². The minimum absolute atomic E-state index is 0.0632. The summed E-state index contributed by atoms with van der Waals surface area (Å²) in [6.45, 7) is 6.14. The van der Waals surface area contributed by atoms with Crippen molar-refractivity contribution in [2.24, 2.45) is 0 Å². The fourth-order valence-corrected chi connectivity index (χ4v) is 4.25. The number of aromatic carboxylic acids is 1. The first-order chi connectivity index (χ1) is 27.4. The van der Waals surface area contributed by atoms with Gasteiger partial charge in [-0.05, 0) is 58.0 Å². The van der Waals surface area contributed by atoms with Crippen molar-refractivity contribution in [2.45, 2.75) is 46.2 Å². The number of nitrogens with zero attached hydrogens (tertiary/aromatic N) is 9. The van der Waals surface area contributed by atoms with E-state index in [4.69, 9.17) is 9.84 Å². The summed E-state index contributed by atoms with van der Waals surface area (Å²) in [5, 5.41) is 25.3. The van der Waals surface area contributed by atoms with Crippen LogP contribution in [0.15, 0.2) is 48.5 Å². The molecule has 0 spiro atoms. The van der Waals surface area contributed by atoms with Crippen LogP contribution < -0.4 is 29.9 Å². The molecule has 3 N–H and O–H groups in total. The quantitative estimate of drug-likeness (QED) is 0.0509. The van der Waals surface area contributed by atoms with Crippen molar-refractivity contribution in [2.75, 3.05) is 67.0 Å². The van der Waals surface area contributed by atoms with E-state index in [1.54, 1.807) is 9.80 Å². The predicted molar refractivity (Wildman–Crippen MR) is 195 cm³/mol. The van der Waals surface area contributed by atoms with Gasteiger partial charge in [0.2, 0.25) is 23.8 Å². The maximum absolute atomic E-state index is 13.2. The number of ether oxygens (including phenoxy) is 2. The van der Waals surface area contributed by atoms with Crippen molar-refractivity contribution >= 4 is 46.8 Å². The van der Waals surface area contributed by atoms with E-state index in [0.29, 0.717) is 44.7 Å². The molecule has 0 atom stereocenters. The lowest BCUT2D eigenvalue weighted by atomic mass is 10.2. The molecule has 0 amide bonds. The van der Waals surface area contributed by atoms with Crippen molar-refractivity contribution in [1.82, 2.24) is 29.9 Å². The Morgan fingerprint density at radius 3 is 1.64 bits per heavy atom. The Labute approximate surface area is 325 Å². The molecule has 2 aromatic carbocycles. The van der Waals surface area contributed by atoms with Crippen LogP contribution in [-0.4, -0.2) is 111 Å². The van der Waals surface area contributed by atoms with Crippen LogP contribution in [0.5, 0.6) is 12.0 Å². The highest BCUT2D eigenvalue weighted by Crippen LogP contribution is 2.26. The first-order valence-corrected chi connectivity index (χ1v) is 16.9. The summed E-state index contributed by atoms with van der Waals surface area (Å²) in [6.07, 6.45) is -8.44. The highest BCUT2D eigenvalue weighted by atomic mass is 19.4. The van der Waals surface area contributed by atoms with Crippen LogP contribution in [0.2, 0.25) is 0 Å². The minimum atomic E-state index is -4.55. The molecule has 0 aliphatic carbocycles. The smallest absolute Gasteiger partial charge is 0.422 e. The summed E-state index contributed by atoms with van der Waals surface area (Å²) < 4.78 is 107. The maximum Gasteiger partial charge on any atom is 0.422 e. The van der Waals surface area contributed by atoms with Gasteiger partial charge in [-0.15, -0.1) is 0 Å². The molecule has 0 unspecified atom stereocenters. The lowest BCUT2D eigenvalue weighted by molar-refractivity contribution is -0.384. The van der Waals surface area contributed by atoms with Gasteiger partial charge in [-0.1, -0.05) is 6.07 Å². The lowest BCUT2D eigenvalue weighted by Gasteiger charge is -2.20. The van der Waals surface area contributed by atoms with Crippen molar-refractivity contribution < 1.29 is 59.4 Å². The molecule has 0 radical (unpaired) electrons. The Bertz CT molecular complexity index is 1910.